The summed E-state index contributed by atoms with van der Waals surface area (Å²) < 4.78 is 0. The second-order valence-electron chi connectivity index (χ2n) is 4.42. The Morgan fingerprint density at radius 1 is 1.19 bits per heavy atom. The van der Waals surface area contributed by atoms with Crippen LogP contribution in [0.15, 0.2) is 5.16 Å². The molecule has 16 heavy (non-hydrogen) atoms. The maximum Gasteiger partial charge on any atom is 0.153 e. The number of piperazine rings is 1. The summed E-state index contributed by atoms with van der Waals surface area (Å²) in [4.78, 5) is 4.73. The first-order chi connectivity index (χ1) is 7.76. The smallest absolute Gasteiger partial charge is 0.153 e. The molecule has 0 aromatic heterocycles. The van der Waals surface area contributed by atoms with E-state index in [1.807, 2.05) is 0 Å². The fraction of sp³-hybridized carbons (Fsp3) is 0.909. The zero-order valence-electron chi connectivity index (χ0n) is 10.2. The highest BCUT2D eigenvalue weighted by atomic mass is 16.4. The van der Waals surface area contributed by atoms with Crippen molar-refractivity contribution in [3.63, 3.8) is 0 Å². The molecule has 1 fully saturated rings. The molecule has 0 aromatic carbocycles. The molecule has 0 radical (unpaired) electrons. The first kappa shape index (κ1) is 13.3. The third-order valence-electron chi connectivity index (χ3n) is 3.06. The van der Waals surface area contributed by atoms with Crippen LogP contribution in [0, 0.1) is 0 Å². The van der Waals surface area contributed by atoms with E-state index in [0.29, 0.717) is 12.4 Å². The summed E-state index contributed by atoms with van der Waals surface area (Å²) in [7, 11) is 0. The number of hydrogen-bond acceptors (Lipinski definition) is 4. The molecule has 0 amide bonds. The Labute approximate surface area is 97.9 Å². The molecular weight excluding hydrogens is 204 g/mol. The SMILES string of the molecule is CCCCCN1CCN(CC(N)=NO)CC1. The van der Waals surface area contributed by atoms with E-state index in [0.717, 1.165) is 26.2 Å². The van der Waals surface area contributed by atoms with E-state index in [-0.39, 0.29) is 0 Å². The van der Waals surface area contributed by atoms with E-state index in [1.165, 1.54) is 25.8 Å². The largest absolute Gasteiger partial charge is 0.409 e. The minimum Gasteiger partial charge on any atom is -0.409 e. The Kier molecular flexibility index (Phi) is 6.18. The standard InChI is InChI=1S/C11H24N4O/c1-2-3-4-5-14-6-8-15(9-7-14)10-11(12)13-16/h16H,2-10H2,1H3,(H2,12,13). The van der Waals surface area contributed by atoms with Gasteiger partial charge in [-0.05, 0) is 13.0 Å². The number of unbranched alkanes of at least 4 members (excludes halogenated alkanes) is 2. The number of hydrogen-bond donors (Lipinski definition) is 2. The molecule has 0 spiro atoms. The van der Waals surface area contributed by atoms with Gasteiger partial charge in [-0.2, -0.15) is 0 Å². The predicted molar refractivity (Wildman–Crippen MR) is 65.8 cm³/mol. The molecule has 0 atom stereocenters. The number of rotatable bonds is 6. The molecule has 0 bridgehead atoms. The summed E-state index contributed by atoms with van der Waals surface area (Å²) in [6.45, 7) is 8.26. The fourth-order valence-corrected chi connectivity index (χ4v) is 2.02. The van der Waals surface area contributed by atoms with Crippen LogP contribution < -0.4 is 5.73 Å². The Morgan fingerprint density at radius 3 is 2.38 bits per heavy atom. The summed E-state index contributed by atoms with van der Waals surface area (Å²) >= 11 is 0. The predicted octanol–water partition coefficient (Wildman–Crippen LogP) is 0.541. The molecule has 1 rings (SSSR count). The van der Waals surface area contributed by atoms with Crippen molar-refractivity contribution in [2.75, 3.05) is 39.3 Å². The van der Waals surface area contributed by atoms with E-state index in [4.69, 9.17) is 10.9 Å². The molecule has 3 N–H and O–H groups in total. The lowest BCUT2D eigenvalue weighted by molar-refractivity contribution is 0.142. The van der Waals surface area contributed by atoms with E-state index >= 15 is 0 Å². The van der Waals surface area contributed by atoms with Gasteiger partial charge in [0.2, 0.25) is 0 Å². The highest BCUT2D eigenvalue weighted by Crippen LogP contribution is 2.04. The summed E-state index contributed by atoms with van der Waals surface area (Å²) in [5, 5.41) is 11.5. The monoisotopic (exact) mass is 228 g/mol. The van der Waals surface area contributed by atoms with E-state index < -0.39 is 0 Å². The summed E-state index contributed by atoms with van der Waals surface area (Å²) in [5.74, 6) is 0.305. The minimum atomic E-state index is 0.305. The minimum absolute atomic E-state index is 0.305. The Hall–Kier alpha value is -0.810. The van der Waals surface area contributed by atoms with Gasteiger partial charge in [-0.1, -0.05) is 24.9 Å². The maximum absolute atomic E-state index is 8.49. The number of oxime groups is 1. The third kappa shape index (κ3) is 4.81. The van der Waals surface area contributed by atoms with E-state index in [1.54, 1.807) is 0 Å². The lowest BCUT2D eigenvalue weighted by atomic mass is 10.2. The van der Waals surface area contributed by atoms with Gasteiger partial charge >= 0.3 is 0 Å². The van der Waals surface area contributed by atoms with Crippen LogP contribution in [0.2, 0.25) is 0 Å². The average molecular weight is 228 g/mol. The highest BCUT2D eigenvalue weighted by molar-refractivity contribution is 5.81. The van der Waals surface area contributed by atoms with Crippen molar-refractivity contribution < 1.29 is 5.21 Å². The topological polar surface area (TPSA) is 65.1 Å². The molecule has 1 heterocycles. The molecule has 0 unspecified atom stereocenters. The quantitative estimate of drug-likeness (QED) is 0.229. The fourth-order valence-electron chi connectivity index (χ4n) is 2.02. The lowest BCUT2D eigenvalue weighted by Gasteiger charge is -2.34. The van der Waals surface area contributed by atoms with Crippen LogP contribution >= 0.6 is 0 Å². The van der Waals surface area contributed by atoms with Crippen LogP contribution in [-0.2, 0) is 0 Å². The van der Waals surface area contributed by atoms with E-state index in [2.05, 4.69) is 21.9 Å². The molecule has 1 aliphatic rings. The summed E-state index contributed by atoms with van der Waals surface area (Å²) in [6.07, 6.45) is 3.91. The maximum atomic E-state index is 8.49. The van der Waals surface area contributed by atoms with Crippen molar-refractivity contribution in [2.45, 2.75) is 26.2 Å². The van der Waals surface area contributed by atoms with Gasteiger partial charge in [0.25, 0.3) is 0 Å². The Bertz CT molecular complexity index is 212. The zero-order chi connectivity index (χ0) is 11.8. The van der Waals surface area contributed by atoms with Crippen LogP contribution in [-0.4, -0.2) is 60.1 Å². The third-order valence-corrected chi connectivity index (χ3v) is 3.06. The molecule has 0 saturated carbocycles. The van der Waals surface area contributed by atoms with Crippen LogP contribution in [0.5, 0.6) is 0 Å². The average Bonchev–Trinajstić information content (AvgIpc) is 2.31. The van der Waals surface area contributed by atoms with Gasteiger partial charge in [-0.25, -0.2) is 0 Å². The Morgan fingerprint density at radius 2 is 1.81 bits per heavy atom. The van der Waals surface area contributed by atoms with Crippen LogP contribution in [0.25, 0.3) is 0 Å². The van der Waals surface area contributed by atoms with Gasteiger partial charge in [-0.3, -0.25) is 4.90 Å². The number of nitrogens with zero attached hydrogens (tertiary/aromatic N) is 3. The van der Waals surface area contributed by atoms with Crippen LogP contribution in [0.1, 0.15) is 26.2 Å². The van der Waals surface area contributed by atoms with Gasteiger partial charge in [0.05, 0.1) is 6.54 Å². The van der Waals surface area contributed by atoms with Gasteiger partial charge in [0.15, 0.2) is 5.84 Å². The molecule has 5 heteroatoms. The number of nitrogens with two attached hydrogens (primary N) is 1. The molecule has 5 nitrogen and oxygen atoms in total. The normalized spacial score (nSPS) is 20.2. The first-order valence-corrected chi connectivity index (χ1v) is 6.17. The molecule has 1 aliphatic heterocycles. The molecule has 94 valence electrons. The first-order valence-electron chi connectivity index (χ1n) is 6.17. The van der Waals surface area contributed by atoms with Gasteiger partial charge < -0.3 is 15.8 Å². The molecular formula is C11H24N4O. The highest BCUT2D eigenvalue weighted by Gasteiger charge is 2.16. The second-order valence-corrected chi connectivity index (χ2v) is 4.42. The van der Waals surface area contributed by atoms with Crippen molar-refractivity contribution in [2.24, 2.45) is 10.9 Å². The van der Waals surface area contributed by atoms with Crippen molar-refractivity contribution in [3.05, 3.63) is 0 Å². The van der Waals surface area contributed by atoms with Crippen molar-refractivity contribution in [1.82, 2.24) is 9.80 Å². The molecule has 0 aromatic rings. The zero-order valence-corrected chi connectivity index (χ0v) is 10.2. The molecule has 0 aliphatic carbocycles. The number of amidine groups is 1. The van der Waals surface area contributed by atoms with Crippen molar-refractivity contribution >= 4 is 5.84 Å². The Balaban J connectivity index is 2.13. The summed E-state index contributed by atoms with van der Waals surface area (Å²) in [6, 6.07) is 0. The van der Waals surface area contributed by atoms with Gasteiger partial charge in [0.1, 0.15) is 0 Å². The second kappa shape index (κ2) is 7.46. The van der Waals surface area contributed by atoms with E-state index in [9.17, 15) is 0 Å². The van der Waals surface area contributed by atoms with Gasteiger partial charge in [-0.15, -0.1) is 0 Å². The van der Waals surface area contributed by atoms with Gasteiger partial charge in [0, 0.05) is 26.2 Å². The molecule has 1 saturated heterocycles. The lowest BCUT2D eigenvalue weighted by Crippen LogP contribution is -2.48. The van der Waals surface area contributed by atoms with Crippen molar-refractivity contribution in [1.29, 1.82) is 0 Å². The van der Waals surface area contributed by atoms with Crippen LogP contribution in [0.4, 0.5) is 0 Å². The summed E-state index contributed by atoms with van der Waals surface area (Å²) in [5.41, 5.74) is 5.48. The van der Waals surface area contributed by atoms with Crippen LogP contribution in [0.3, 0.4) is 0 Å². The van der Waals surface area contributed by atoms with Crippen molar-refractivity contribution in [3.8, 4) is 0 Å².